The van der Waals surface area contributed by atoms with Gasteiger partial charge in [-0.1, -0.05) is 0 Å². The van der Waals surface area contributed by atoms with Crippen LogP contribution >= 0.6 is 0 Å². The second-order valence-corrected chi connectivity index (χ2v) is 4.78. The average Bonchev–Trinajstić information content (AvgIpc) is 2.87. The number of pyridine rings is 1. The molecule has 0 bridgehead atoms. The van der Waals surface area contributed by atoms with E-state index in [2.05, 4.69) is 20.2 Å². The number of nitrogens with zero attached hydrogens (tertiary/aromatic N) is 6. The van der Waals surface area contributed by atoms with Crippen LogP contribution in [0.4, 0.5) is 4.39 Å². The zero-order valence-electron chi connectivity index (χ0n) is 11.4. The van der Waals surface area contributed by atoms with E-state index >= 15 is 0 Å². The second-order valence-electron chi connectivity index (χ2n) is 4.78. The van der Waals surface area contributed by atoms with Crippen LogP contribution in [0.2, 0.25) is 0 Å². The molecule has 4 aromatic rings. The zero-order valence-corrected chi connectivity index (χ0v) is 11.4. The van der Waals surface area contributed by atoms with Gasteiger partial charge in [-0.3, -0.25) is 9.20 Å². The zero-order chi connectivity index (χ0) is 15.3. The maximum Gasteiger partial charge on any atom is 0.258 e. The molecule has 108 valence electrons. The third-order valence-electron chi connectivity index (χ3n) is 3.20. The summed E-state index contributed by atoms with van der Waals surface area (Å²) < 4.78 is 15.7. The highest BCUT2D eigenvalue weighted by Gasteiger charge is 2.09. The SMILES string of the molecule is Cc1nc2ccc(-c3cc(=O)n4cc(F)ccc4n3)nn2n1. The Labute approximate surface area is 122 Å². The summed E-state index contributed by atoms with van der Waals surface area (Å²) in [6.45, 7) is 1.77. The van der Waals surface area contributed by atoms with Crippen molar-refractivity contribution in [3.8, 4) is 11.4 Å². The van der Waals surface area contributed by atoms with Gasteiger partial charge in [0.1, 0.15) is 23.0 Å². The fraction of sp³-hybridized carbons (Fsp3) is 0.0714. The van der Waals surface area contributed by atoms with Gasteiger partial charge in [-0.25, -0.2) is 14.4 Å². The van der Waals surface area contributed by atoms with E-state index in [1.54, 1.807) is 19.1 Å². The summed E-state index contributed by atoms with van der Waals surface area (Å²) in [6, 6.07) is 7.47. The minimum Gasteiger partial charge on any atom is -0.269 e. The van der Waals surface area contributed by atoms with E-state index in [1.165, 1.54) is 22.8 Å². The summed E-state index contributed by atoms with van der Waals surface area (Å²) >= 11 is 0. The van der Waals surface area contributed by atoms with E-state index in [-0.39, 0.29) is 5.56 Å². The summed E-state index contributed by atoms with van der Waals surface area (Å²) in [4.78, 5) is 20.6. The highest BCUT2D eigenvalue weighted by molar-refractivity contribution is 5.58. The molecule has 4 aromatic heterocycles. The Kier molecular flexibility index (Phi) is 2.52. The lowest BCUT2D eigenvalue weighted by atomic mass is 10.2. The highest BCUT2D eigenvalue weighted by Crippen LogP contribution is 2.14. The fourth-order valence-corrected chi connectivity index (χ4v) is 2.23. The van der Waals surface area contributed by atoms with Crippen LogP contribution in [-0.4, -0.2) is 29.2 Å². The Hall–Kier alpha value is -3.16. The van der Waals surface area contributed by atoms with Crippen LogP contribution in [-0.2, 0) is 0 Å². The molecule has 8 heteroatoms. The van der Waals surface area contributed by atoms with E-state index in [0.717, 1.165) is 10.6 Å². The van der Waals surface area contributed by atoms with Crippen LogP contribution in [0.3, 0.4) is 0 Å². The van der Waals surface area contributed by atoms with Gasteiger partial charge < -0.3 is 0 Å². The molecule has 0 radical (unpaired) electrons. The summed E-state index contributed by atoms with van der Waals surface area (Å²) in [5.41, 5.74) is 1.46. The highest BCUT2D eigenvalue weighted by atomic mass is 19.1. The van der Waals surface area contributed by atoms with Gasteiger partial charge >= 0.3 is 0 Å². The quantitative estimate of drug-likeness (QED) is 0.528. The molecule has 0 aliphatic heterocycles. The molecule has 4 heterocycles. The van der Waals surface area contributed by atoms with Crippen molar-refractivity contribution >= 4 is 11.3 Å². The molecule has 0 amide bonds. The summed E-state index contributed by atoms with van der Waals surface area (Å²) in [6.07, 6.45) is 1.10. The normalized spacial score (nSPS) is 11.4. The molecule has 0 aliphatic rings. The predicted molar refractivity (Wildman–Crippen MR) is 75.9 cm³/mol. The molecule has 0 spiro atoms. The third kappa shape index (κ3) is 1.93. The van der Waals surface area contributed by atoms with Gasteiger partial charge in [0, 0.05) is 12.3 Å². The van der Waals surface area contributed by atoms with Crippen LogP contribution in [0.15, 0.2) is 41.3 Å². The lowest BCUT2D eigenvalue weighted by molar-refractivity contribution is 0.617. The number of hydrogen-bond acceptors (Lipinski definition) is 5. The Morgan fingerprint density at radius 1 is 1.00 bits per heavy atom. The van der Waals surface area contributed by atoms with Crippen molar-refractivity contribution in [3.63, 3.8) is 0 Å². The van der Waals surface area contributed by atoms with Gasteiger partial charge in [0.15, 0.2) is 5.65 Å². The van der Waals surface area contributed by atoms with Crippen LogP contribution < -0.4 is 5.56 Å². The molecular weight excluding hydrogens is 287 g/mol. The molecule has 22 heavy (non-hydrogen) atoms. The van der Waals surface area contributed by atoms with E-state index < -0.39 is 5.82 Å². The van der Waals surface area contributed by atoms with Gasteiger partial charge in [-0.2, -0.15) is 0 Å². The van der Waals surface area contributed by atoms with Crippen molar-refractivity contribution in [3.05, 3.63) is 58.5 Å². The van der Waals surface area contributed by atoms with Crippen LogP contribution in [0.1, 0.15) is 5.82 Å². The maximum absolute atomic E-state index is 13.2. The topological polar surface area (TPSA) is 77.5 Å². The van der Waals surface area contributed by atoms with E-state index in [4.69, 9.17) is 0 Å². The van der Waals surface area contributed by atoms with Crippen LogP contribution in [0, 0.1) is 12.7 Å². The summed E-state index contributed by atoms with van der Waals surface area (Å²) in [7, 11) is 0. The molecule has 0 saturated heterocycles. The molecule has 0 fully saturated rings. The van der Waals surface area contributed by atoms with E-state index in [0.29, 0.717) is 28.5 Å². The average molecular weight is 296 g/mol. The van der Waals surface area contributed by atoms with Crippen molar-refractivity contribution in [2.75, 3.05) is 0 Å². The second kappa shape index (κ2) is 4.42. The van der Waals surface area contributed by atoms with Crippen molar-refractivity contribution in [2.24, 2.45) is 0 Å². The van der Waals surface area contributed by atoms with E-state index in [1.807, 2.05) is 0 Å². The molecule has 0 atom stereocenters. The minimum atomic E-state index is -0.498. The van der Waals surface area contributed by atoms with Gasteiger partial charge in [0.2, 0.25) is 0 Å². The standard InChI is InChI=1S/C14H9FN6O/c1-8-16-13-5-3-10(19-21(13)18-8)11-6-14(22)20-7-9(15)2-4-12(20)17-11/h2-7H,1H3. The lowest BCUT2D eigenvalue weighted by Crippen LogP contribution is -2.15. The number of halogens is 1. The lowest BCUT2D eigenvalue weighted by Gasteiger charge is -2.03. The molecule has 0 aromatic carbocycles. The first-order chi connectivity index (χ1) is 10.6. The molecule has 0 N–H and O–H groups in total. The molecule has 0 aliphatic carbocycles. The first-order valence-electron chi connectivity index (χ1n) is 6.50. The van der Waals surface area contributed by atoms with Crippen molar-refractivity contribution in [1.29, 1.82) is 0 Å². The van der Waals surface area contributed by atoms with Gasteiger partial charge in [-0.05, 0) is 31.2 Å². The Balaban J connectivity index is 1.95. The predicted octanol–water partition coefficient (Wildman–Crippen LogP) is 1.25. The van der Waals surface area contributed by atoms with Crippen molar-refractivity contribution < 1.29 is 4.39 Å². The monoisotopic (exact) mass is 296 g/mol. The molecule has 0 saturated carbocycles. The van der Waals surface area contributed by atoms with Crippen LogP contribution in [0.25, 0.3) is 22.7 Å². The number of fused-ring (bicyclic) bond motifs is 2. The number of hydrogen-bond donors (Lipinski definition) is 0. The van der Waals surface area contributed by atoms with Crippen molar-refractivity contribution in [1.82, 2.24) is 29.2 Å². The number of aryl methyl sites for hydroxylation is 1. The minimum absolute atomic E-state index is 0.348. The van der Waals surface area contributed by atoms with Gasteiger partial charge in [0.05, 0.1) is 5.69 Å². The summed E-state index contributed by atoms with van der Waals surface area (Å²) in [5, 5.41) is 8.42. The van der Waals surface area contributed by atoms with Crippen molar-refractivity contribution in [2.45, 2.75) is 6.92 Å². The fourth-order valence-electron chi connectivity index (χ4n) is 2.23. The molecule has 4 rings (SSSR count). The van der Waals surface area contributed by atoms with Gasteiger partial charge in [0.25, 0.3) is 5.56 Å². The number of aromatic nitrogens is 6. The summed E-state index contributed by atoms with van der Waals surface area (Å²) in [5.74, 6) is 0.105. The van der Waals surface area contributed by atoms with E-state index in [9.17, 15) is 9.18 Å². The Morgan fingerprint density at radius 2 is 1.82 bits per heavy atom. The largest absolute Gasteiger partial charge is 0.269 e. The maximum atomic E-state index is 13.2. The first-order valence-corrected chi connectivity index (χ1v) is 6.50. The first kappa shape index (κ1) is 12.6. The Morgan fingerprint density at radius 3 is 2.68 bits per heavy atom. The van der Waals surface area contributed by atoms with Gasteiger partial charge in [-0.15, -0.1) is 14.8 Å². The third-order valence-corrected chi connectivity index (χ3v) is 3.20. The molecular formula is C14H9FN6O. The molecule has 7 nitrogen and oxygen atoms in total. The Bertz CT molecular complexity index is 1080. The number of rotatable bonds is 1. The smallest absolute Gasteiger partial charge is 0.258 e. The van der Waals surface area contributed by atoms with Crippen LogP contribution in [0.5, 0.6) is 0 Å². The molecule has 0 unspecified atom stereocenters.